The van der Waals surface area contributed by atoms with E-state index >= 15 is 0 Å². The van der Waals surface area contributed by atoms with E-state index in [4.69, 9.17) is 5.26 Å². The lowest BCUT2D eigenvalue weighted by atomic mass is 10.2. The van der Waals surface area contributed by atoms with Crippen molar-refractivity contribution in [1.29, 1.82) is 5.26 Å². The third-order valence-electron chi connectivity index (χ3n) is 2.59. The summed E-state index contributed by atoms with van der Waals surface area (Å²) in [5.41, 5.74) is 0. The average Bonchev–Trinajstić information content (AvgIpc) is 2.41. The Hall–Kier alpha value is -0.600. The largest absolute Gasteiger partial charge is 0.284 e. The van der Waals surface area contributed by atoms with E-state index in [0.717, 1.165) is 0 Å². The highest BCUT2D eigenvalue weighted by Gasteiger charge is 2.32. The predicted octanol–water partition coefficient (Wildman–Crippen LogP) is 0.407. The Morgan fingerprint density at radius 2 is 2.21 bits per heavy atom. The fourth-order valence-corrected chi connectivity index (χ4v) is 3.59. The van der Waals surface area contributed by atoms with Crippen molar-refractivity contribution in [3.8, 4) is 6.07 Å². The van der Waals surface area contributed by atoms with Crippen molar-refractivity contribution in [3.05, 3.63) is 0 Å². The van der Waals surface area contributed by atoms with Gasteiger partial charge in [-0.3, -0.25) is 4.90 Å². The normalized spacial score (nSPS) is 25.5. The molecule has 1 aliphatic rings. The Morgan fingerprint density at radius 1 is 1.57 bits per heavy atom. The molecule has 1 saturated heterocycles. The van der Waals surface area contributed by atoms with E-state index in [-0.39, 0.29) is 23.6 Å². The Kier molecular flexibility index (Phi) is 3.51. The van der Waals surface area contributed by atoms with E-state index in [1.54, 1.807) is 0 Å². The molecule has 0 amide bonds. The molecule has 80 valence electrons. The lowest BCUT2D eigenvalue weighted by Gasteiger charge is -2.29. The summed E-state index contributed by atoms with van der Waals surface area (Å²) in [6.07, 6.45) is 0.669. The minimum atomic E-state index is -2.84. The molecule has 5 heteroatoms. The van der Waals surface area contributed by atoms with Crippen LogP contribution >= 0.6 is 0 Å². The van der Waals surface area contributed by atoms with E-state index in [1.807, 2.05) is 18.7 Å². The van der Waals surface area contributed by atoms with Crippen molar-refractivity contribution >= 4 is 9.84 Å². The summed E-state index contributed by atoms with van der Waals surface area (Å²) in [4.78, 5) is 1.96. The average molecular weight is 216 g/mol. The van der Waals surface area contributed by atoms with Gasteiger partial charge in [0.1, 0.15) is 0 Å². The minimum absolute atomic E-state index is 0.0413. The van der Waals surface area contributed by atoms with Crippen LogP contribution in [0.25, 0.3) is 0 Å². The Bertz CT molecular complexity index is 329. The molecule has 0 aromatic carbocycles. The molecule has 1 heterocycles. The molecule has 1 fully saturated rings. The van der Waals surface area contributed by atoms with Crippen molar-refractivity contribution in [2.24, 2.45) is 0 Å². The van der Waals surface area contributed by atoms with Crippen LogP contribution in [0.3, 0.4) is 0 Å². The summed E-state index contributed by atoms with van der Waals surface area (Å²) in [6.45, 7) is 4.29. The molecule has 0 radical (unpaired) electrons. The van der Waals surface area contributed by atoms with Gasteiger partial charge in [-0.1, -0.05) is 0 Å². The van der Waals surface area contributed by atoms with Gasteiger partial charge in [0.25, 0.3) is 0 Å². The molecule has 0 N–H and O–H groups in total. The third-order valence-corrected chi connectivity index (χ3v) is 4.34. The van der Waals surface area contributed by atoms with Crippen molar-refractivity contribution in [3.63, 3.8) is 0 Å². The molecule has 4 nitrogen and oxygen atoms in total. The van der Waals surface area contributed by atoms with Gasteiger partial charge < -0.3 is 0 Å². The molecule has 1 aliphatic heterocycles. The summed E-state index contributed by atoms with van der Waals surface area (Å²) >= 11 is 0. The van der Waals surface area contributed by atoms with E-state index in [9.17, 15) is 8.42 Å². The van der Waals surface area contributed by atoms with Gasteiger partial charge in [0.2, 0.25) is 0 Å². The summed E-state index contributed by atoms with van der Waals surface area (Å²) in [7, 11) is -2.84. The number of sulfone groups is 1. The highest BCUT2D eigenvalue weighted by molar-refractivity contribution is 7.91. The number of hydrogen-bond donors (Lipinski definition) is 0. The van der Waals surface area contributed by atoms with Crippen LogP contribution in [0.1, 0.15) is 20.3 Å². The smallest absolute Gasteiger partial charge is 0.151 e. The summed E-state index contributed by atoms with van der Waals surface area (Å²) in [5, 5.41) is 8.63. The molecular weight excluding hydrogens is 200 g/mol. The Labute approximate surface area is 85.4 Å². The third kappa shape index (κ3) is 2.69. The maximum Gasteiger partial charge on any atom is 0.151 e. The van der Waals surface area contributed by atoms with Crippen molar-refractivity contribution in [1.82, 2.24) is 4.90 Å². The van der Waals surface area contributed by atoms with E-state index in [0.29, 0.717) is 13.0 Å². The lowest BCUT2D eigenvalue weighted by Crippen LogP contribution is -2.41. The highest BCUT2D eigenvalue weighted by atomic mass is 32.2. The maximum atomic E-state index is 11.3. The second kappa shape index (κ2) is 4.28. The standard InChI is InChI=1S/C9H16N2O2S/c1-8(2)11(5-4-10)9-3-6-14(12,13)7-9/h8-9H,3,5-7H2,1-2H3. The van der Waals surface area contributed by atoms with E-state index < -0.39 is 9.84 Å². The van der Waals surface area contributed by atoms with E-state index in [2.05, 4.69) is 6.07 Å². The molecule has 0 spiro atoms. The topological polar surface area (TPSA) is 61.2 Å². The first-order valence-electron chi connectivity index (χ1n) is 4.79. The van der Waals surface area contributed by atoms with Crippen LogP contribution in [-0.2, 0) is 9.84 Å². The maximum absolute atomic E-state index is 11.3. The molecule has 1 atom stereocenters. The fraction of sp³-hybridized carbons (Fsp3) is 0.889. The number of nitriles is 1. The van der Waals surface area contributed by atoms with Gasteiger partial charge in [0.05, 0.1) is 24.1 Å². The van der Waals surface area contributed by atoms with Crippen LogP contribution in [-0.4, -0.2) is 43.5 Å². The van der Waals surface area contributed by atoms with Gasteiger partial charge in [-0.05, 0) is 20.3 Å². The van der Waals surface area contributed by atoms with Gasteiger partial charge in [-0.25, -0.2) is 8.42 Å². The second-order valence-corrected chi connectivity index (χ2v) is 6.21. The highest BCUT2D eigenvalue weighted by Crippen LogP contribution is 2.19. The summed E-state index contributed by atoms with van der Waals surface area (Å²) < 4.78 is 22.5. The fourth-order valence-electron chi connectivity index (χ4n) is 1.85. The summed E-state index contributed by atoms with van der Waals surface area (Å²) in [5.74, 6) is 0.485. The molecule has 0 saturated carbocycles. The molecule has 0 aliphatic carbocycles. The van der Waals surface area contributed by atoms with Crippen molar-refractivity contribution in [2.45, 2.75) is 32.4 Å². The first-order valence-corrected chi connectivity index (χ1v) is 6.61. The van der Waals surface area contributed by atoms with Crippen molar-refractivity contribution in [2.75, 3.05) is 18.1 Å². The van der Waals surface area contributed by atoms with Gasteiger partial charge in [-0.2, -0.15) is 5.26 Å². The summed E-state index contributed by atoms with van der Waals surface area (Å²) in [6, 6.07) is 2.36. The molecule has 1 unspecified atom stereocenters. The van der Waals surface area contributed by atoms with Crippen LogP contribution in [0.4, 0.5) is 0 Å². The molecule has 0 bridgehead atoms. The number of rotatable bonds is 3. The molecule has 1 rings (SSSR count). The zero-order valence-corrected chi connectivity index (χ0v) is 9.42. The lowest BCUT2D eigenvalue weighted by molar-refractivity contribution is 0.190. The zero-order valence-electron chi connectivity index (χ0n) is 8.60. The molecule has 0 aromatic rings. The number of nitrogens with zero attached hydrogens (tertiary/aromatic N) is 2. The van der Waals surface area contributed by atoms with Crippen LogP contribution < -0.4 is 0 Å². The van der Waals surface area contributed by atoms with Crippen molar-refractivity contribution < 1.29 is 8.42 Å². The first-order chi connectivity index (χ1) is 6.46. The van der Waals surface area contributed by atoms with Crippen LogP contribution in [0.5, 0.6) is 0 Å². The van der Waals surface area contributed by atoms with E-state index in [1.165, 1.54) is 0 Å². The molecular formula is C9H16N2O2S. The van der Waals surface area contributed by atoms with Gasteiger partial charge in [0, 0.05) is 12.1 Å². The Balaban J connectivity index is 2.68. The SMILES string of the molecule is CC(C)N(CC#N)C1CCS(=O)(=O)C1. The van der Waals surface area contributed by atoms with Crippen LogP contribution in [0.2, 0.25) is 0 Å². The number of hydrogen-bond acceptors (Lipinski definition) is 4. The monoisotopic (exact) mass is 216 g/mol. The molecule has 14 heavy (non-hydrogen) atoms. The Morgan fingerprint density at radius 3 is 2.57 bits per heavy atom. The second-order valence-electron chi connectivity index (χ2n) is 3.98. The van der Waals surface area contributed by atoms with Crippen LogP contribution in [0, 0.1) is 11.3 Å². The zero-order chi connectivity index (χ0) is 10.8. The predicted molar refractivity (Wildman–Crippen MR) is 54.5 cm³/mol. The first kappa shape index (κ1) is 11.5. The quantitative estimate of drug-likeness (QED) is 0.641. The minimum Gasteiger partial charge on any atom is -0.284 e. The van der Waals surface area contributed by atoms with Gasteiger partial charge >= 0.3 is 0 Å². The van der Waals surface area contributed by atoms with Crippen LogP contribution in [0.15, 0.2) is 0 Å². The van der Waals surface area contributed by atoms with Gasteiger partial charge in [-0.15, -0.1) is 0 Å². The molecule has 0 aromatic heterocycles. The van der Waals surface area contributed by atoms with Gasteiger partial charge in [0.15, 0.2) is 9.84 Å².